The number of hydrogen-bond acceptors (Lipinski definition) is 3. The molecule has 17 heavy (non-hydrogen) atoms. The van der Waals surface area contributed by atoms with Crippen LogP contribution in [0.1, 0.15) is 59.3 Å². The Kier molecular flexibility index (Phi) is 5.96. The van der Waals surface area contributed by atoms with Gasteiger partial charge in [0.2, 0.25) is 0 Å². The van der Waals surface area contributed by atoms with E-state index < -0.39 is 0 Å². The predicted octanol–water partition coefficient (Wildman–Crippen LogP) is 2.89. The van der Waals surface area contributed by atoms with Gasteiger partial charge in [-0.25, -0.2) is 0 Å². The van der Waals surface area contributed by atoms with Gasteiger partial charge in [0.15, 0.2) is 0 Å². The summed E-state index contributed by atoms with van der Waals surface area (Å²) in [7, 11) is 0. The summed E-state index contributed by atoms with van der Waals surface area (Å²) in [6.07, 6.45) is 6.87. The average molecular weight is 241 g/mol. The van der Waals surface area contributed by atoms with E-state index in [1.165, 1.54) is 25.7 Å². The first kappa shape index (κ1) is 14.5. The number of nitrogens with one attached hydrogen (secondary N) is 1. The lowest BCUT2D eigenvalue weighted by atomic mass is 9.75. The normalized spacial score (nSPS) is 20.2. The van der Waals surface area contributed by atoms with Crippen LogP contribution in [0.2, 0.25) is 0 Å². The molecule has 0 heterocycles. The van der Waals surface area contributed by atoms with Crippen LogP contribution in [-0.2, 0) is 9.53 Å². The van der Waals surface area contributed by atoms with Gasteiger partial charge in [0, 0.05) is 6.04 Å². The standard InChI is InChI=1S/C14H27NO2/c1-4-5-10-17-13(16)11-15-12-6-8-14(2,3)9-7-12/h12,15H,4-11H2,1-3H3. The highest BCUT2D eigenvalue weighted by atomic mass is 16.5. The number of rotatable bonds is 6. The molecular weight excluding hydrogens is 214 g/mol. The van der Waals surface area contributed by atoms with Gasteiger partial charge in [-0.3, -0.25) is 4.79 Å². The van der Waals surface area contributed by atoms with Crippen LogP contribution in [0.4, 0.5) is 0 Å². The minimum atomic E-state index is -0.108. The lowest BCUT2D eigenvalue weighted by molar-refractivity contribution is -0.142. The third-order valence-electron chi connectivity index (χ3n) is 3.64. The smallest absolute Gasteiger partial charge is 0.319 e. The van der Waals surface area contributed by atoms with E-state index in [1.807, 2.05) is 0 Å². The zero-order valence-corrected chi connectivity index (χ0v) is 11.6. The van der Waals surface area contributed by atoms with Gasteiger partial charge >= 0.3 is 5.97 Å². The molecule has 3 heteroatoms. The maximum absolute atomic E-state index is 11.4. The first-order valence-corrected chi connectivity index (χ1v) is 6.92. The summed E-state index contributed by atoms with van der Waals surface area (Å²) in [5.41, 5.74) is 0.486. The van der Waals surface area contributed by atoms with E-state index in [4.69, 9.17) is 4.74 Å². The Hall–Kier alpha value is -0.570. The van der Waals surface area contributed by atoms with Crippen LogP contribution >= 0.6 is 0 Å². The number of hydrogen-bond donors (Lipinski definition) is 1. The monoisotopic (exact) mass is 241 g/mol. The molecule has 100 valence electrons. The fourth-order valence-electron chi connectivity index (χ4n) is 2.21. The lowest BCUT2D eigenvalue weighted by Gasteiger charge is -2.34. The van der Waals surface area contributed by atoms with E-state index >= 15 is 0 Å². The van der Waals surface area contributed by atoms with E-state index in [9.17, 15) is 4.79 Å². The van der Waals surface area contributed by atoms with Crippen LogP contribution in [0.5, 0.6) is 0 Å². The largest absolute Gasteiger partial charge is 0.465 e. The van der Waals surface area contributed by atoms with Crippen molar-refractivity contribution in [2.24, 2.45) is 5.41 Å². The van der Waals surface area contributed by atoms with Gasteiger partial charge in [0.25, 0.3) is 0 Å². The van der Waals surface area contributed by atoms with Crippen LogP contribution in [0, 0.1) is 5.41 Å². The fraction of sp³-hybridized carbons (Fsp3) is 0.929. The molecule has 3 nitrogen and oxygen atoms in total. The SMILES string of the molecule is CCCCOC(=O)CNC1CCC(C)(C)CC1. The van der Waals surface area contributed by atoms with Crippen LogP contribution in [-0.4, -0.2) is 25.2 Å². The maximum Gasteiger partial charge on any atom is 0.319 e. The number of carbonyl (C=O) groups excluding carboxylic acids is 1. The minimum Gasteiger partial charge on any atom is -0.465 e. The molecule has 0 bridgehead atoms. The van der Waals surface area contributed by atoms with Crippen LogP contribution < -0.4 is 5.32 Å². The number of ether oxygens (including phenoxy) is 1. The van der Waals surface area contributed by atoms with Crippen molar-refractivity contribution in [1.82, 2.24) is 5.32 Å². The van der Waals surface area contributed by atoms with Gasteiger partial charge in [-0.05, 0) is 37.5 Å². The number of unbranched alkanes of at least 4 members (excludes halogenated alkanes) is 1. The van der Waals surface area contributed by atoms with Crippen molar-refractivity contribution in [1.29, 1.82) is 0 Å². The molecule has 0 saturated heterocycles. The van der Waals surface area contributed by atoms with E-state index in [0.717, 1.165) is 12.8 Å². The lowest BCUT2D eigenvalue weighted by Crippen LogP contribution is -2.38. The van der Waals surface area contributed by atoms with Crippen molar-refractivity contribution >= 4 is 5.97 Å². The number of carbonyl (C=O) groups is 1. The summed E-state index contributed by atoms with van der Waals surface area (Å²) in [6.45, 7) is 7.67. The second kappa shape index (κ2) is 7.00. The fourth-order valence-corrected chi connectivity index (χ4v) is 2.21. The summed E-state index contributed by atoms with van der Waals surface area (Å²) < 4.78 is 5.11. The second-order valence-electron chi connectivity index (χ2n) is 5.89. The second-order valence-corrected chi connectivity index (χ2v) is 5.89. The molecule has 1 aliphatic rings. The predicted molar refractivity (Wildman–Crippen MR) is 69.9 cm³/mol. The highest BCUT2D eigenvalue weighted by Gasteiger charge is 2.26. The molecule has 1 aliphatic carbocycles. The molecule has 1 rings (SSSR count). The van der Waals surface area contributed by atoms with Crippen molar-refractivity contribution in [3.63, 3.8) is 0 Å². The molecule has 0 aromatic heterocycles. The first-order chi connectivity index (χ1) is 8.03. The summed E-state index contributed by atoms with van der Waals surface area (Å²) in [6, 6.07) is 0.502. The van der Waals surface area contributed by atoms with Crippen molar-refractivity contribution < 1.29 is 9.53 Å². The molecule has 0 radical (unpaired) electrons. The minimum absolute atomic E-state index is 0.108. The summed E-state index contributed by atoms with van der Waals surface area (Å²) in [5, 5.41) is 3.31. The Morgan fingerprint density at radius 3 is 2.59 bits per heavy atom. The van der Waals surface area contributed by atoms with E-state index in [1.54, 1.807) is 0 Å². The summed E-state index contributed by atoms with van der Waals surface area (Å²) in [4.78, 5) is 11.4. The first-order valence-electron chi connectivity index (χ1n) is 6.92. The van der Waals surface area contributed by atoms with Crippen molar-refractivity contribution in [3.05, 3.63) is 0 Å². The van der Waals surface area contributed by atoms with E-state index in [2.05, 4.69) is 26.1 Å². The summed E-state index contributed by atoms with van der Waals surface area (Å²) >= 11 is 0. The highest BCUT2D eigenvalue weighted by Crippen LogP contribution is 2.34. The van der Waals surface area contributed by atoms with Gasteiger partial charge in [-0.2, -0.15) is 0 Å². The quantitative estimate of drug-likeness (QED) is 0.574. The third kappa shape index (κ3) is 6.06. The molecular formula is C14H27NO2. The van der Waals surface area contributed by atoms with Gasteiger partial charge in [0.1, 0.15) is 0 Å². The molecule has 0 amide bonds. The Balaban J connectivity index is 2.09. The topological polar surface area (TPSA) is 38.3 Å². The van der Waals surface area contributed by atoms with Gasteiger partial charge < -0.3 is 10.1 Å². The molecule has 1 N–H and O–H groups in total. The average Bonchev–Trinajstić information content (AvgIpc) is 2.28. The zero-order valence-electron chi connectivity index (χ0n) is 11.6. The Bertz CT molecular complexity index is 228. The summed E-state index contributed by atoms with van der Waals surface area (Å²) in [5.74, 6) is -0.108. The zero-order chi connectivity index (χ0) is 12.7. The Morgan fingerprint density at radius 1 is 1.35 bits per heavy atom. The Morgan fingerprint density at radius 2 is 2.00 bits per heavy atom. The van der Waals surface area contributed by atoms with Gasteiger partial charge in [-0.15, -0.1) is 0 Å². The molecule has 0 aliphatic heterocycles. The molecule has 0 aromatic rings. The molecule has 1 saturated carbocycles. The van der Waals surface area contributed by atoms with E-state index in [-0.39, 0.29) is 5.97 Å². The van der Waals surface area contributed by atoms with Crippen molar-refractivity contribution in [2.45, 2.75) is 65.3 Å². The van der Waals surface area contributed by atoms with Gasteiger partial charge in [-0.1, -0.05) is 27.2 Å². The third-order valence-corrected chi connectivity index (χ3v) is 3.64. The molecule has 1 fully saturated rings. The Labute approximate surface area is 105 Å². The van der Waals surface area contributed by atoms with Gasteiger partial charge in [0.05, 0.1) is 13.2 Å². The molecule has 0 spiro atoms. The van der Waals surface area contributed by atoms with Crippen LogP contribution in [0.25, 0.3) is 0 Å². The van der Waals surface area contributed by atoms with Crippen LogP contribution in [0.15, 0.2) is 0 Å². The molecule has 0 unspecified atom stereocenters. The number of esters is 1. The van der Waals surface area contributed by atoms with Crippen LogP contribution in [0.3, 0.4) is 0 Å². The highest BCUT2D eigenvalue weighted by molar-refractivity contribution is 5.71. The van der Waals surface area contributed by atoms with E-state index in [0.29, 0.717) is 24.6 Å². The molecule has 0 atom stereocenters. The van der Waals surface area contributed by atoms with Crippen molar-refractivity contribution in [2.75, 3.05) is 13.2 Å². The molecule has 0 aromatic carbocycles. The maximum atomic E-state index is 11.4. The van der Waals surface area contributed by atoms with Crippen molar-refractivity contribution in [3.8, 4) is 0 Å².